The summed E-state index contributed by atoms with van der Waals surface area (Å²) in [7, 11) is 0. The Kier molecular flexibility index (Phi) is 3.90. The van der Waals surface area contributed by atoms with Crippen molar-refractivity contribution in [2.45, 2.75) is 45.2 Å². The summed E-state index contributed by atoms with van der Waals surface area (Å²) in [6.45, 7) is 3.93. The van der Waals surface area contributed by atoms with Crippen LogP contribution in [0.4, 0.5) is 0 Å². The molecule has 1 atom stereocenters. The van der Waals surface area contributed by atoms with Crippen LogP contribution >= 0.6 is 0 Å². The molecule has 0 bridgehead atoms. The van der Waals surface area contributed by atoms with Crippen LogP contribution in [0.3, 0.4) is 0 Å². The van der Waals surface area contributed by atoms with Gasteiger partial charge in [-0.2, -0.15) is 0 Å². The average Bonchev–Trinajstić information content (AvgIpc) is 2.86. The van der Waals surface area contributed by atoms with Gasteiger partial charge in [-0.1, -0.05) is 0 Å². The van der Waals surface area contributed by atoms with Gasteiger partial charge >= 0.3 is 0 Å². The summed E-state index contributed by atoms with van der Waals surface area (Å²) in [5.74, 6) is 1.33. The van der Waals surface area contributed by atoms with Crippen molar-refractivity contribution in [1.29, 1.82) is 0 Å². The summed E-state index contributed by atoms with van der Waals surface area (Å²) < 4.78 is 5.38. The molecule has 0 saturated carbocycles. The minimum Gasteiger partial charge on any atom is -0.424 e. The Morgan fingerprint density at radius 2 is 2.38 bits per heavy atom. The lowest BCUT2D eigenvalue weighted by Gasteiger charge is -2.22. The smallest absolute Gasteiger partial charge is 0.230 e. The van der Waals surface area contributed by atoms with Crippen LogP contribution in [-0.2, 0) is 6.54 Å². The summed E-state index contributed by atoms with van der Waals surface area (Å²) >= 11 is 0. The molecule has 1 aromatic heterocycles. The van der Waals surface area contributed by atoms with E-state index in [2.05, 4.69) is 15.1 Å². The molecule has 2 rings (SSSR count). The quantitative estimate of drug-likeness (QED) is 0.813. The minimum absolute atomic E-state index is 0.282. The molecular weight excluding hydrogens is 206 g/mol. The summed E-state index contributed by atoms with van der Waals surface area (Å²) in [5.41, 5.74) is 0. The van der Waals surface area contributed by atoms with Crippen LogP contribution < -0.4 is 0 Å². The van der Waals surface area contributed by atoms with E-state index in [4.69, 9.17) is 9.52 Å². The first-order chi connectivity index (χ1) is 7.79. The van der Waals surface area contributed by atoms with E-state index in [9.17, 15) is 0 Å². The molecule has 2 heterocycles. The highest BCUT2D eigenvalue weighted by Gasteiger charge is 2.25. The topological polar surface area (TPSA) is 62.4 Å². The van der Waals surface area contributed by atoms with Gasteiger partial charge in [0.1, 0.15) is 0 Å². The number of rotatable bonds is 5. The molecule has 5 nitrogen and oxygen atoms in total. The third-order valence-electron chi connectivity index (χ3n) is 3.10. The summed E-state index contributed by atoms with van der Waals surface area (Å²) in [6.07, 6.45) is 4.38. The van der Waals surface area contributed by atoms with Gasteiger partial charge in [0.25, 0.3) is 0 Å². The number of nitrogens with zero attached hydrogens (tertiary/aromatic N) is 3. The van der Waals surface area contributed by atoms with Crippen molar-refractivity contribution in [3.8, 4) is 0 Å². The van der Waals surface area contributed by atoms with Gasteiger partial charge in [0.2, 0.25) is 11.8 Å². The van der Waals surface area contributed by atoms with Gasteiger partial charge in [0.15, 0.2) is 0 Å². The maximum atomic E-state index is 8.85. The van der Waals surface area contributed by atoms with Crippen LogP contribution in [0.1, 0.15) is 37.5 Å². The first-order valence-electron chi connectivity index (χ1n) is 5.93. The van der Waals surface area contributed by atoms with Crippen molar-refractivity contribution in [3.63, 3.8) is 0 Å². The first-order valence-corrected chi connectivity index (χ1v) is 5.93. The van der Waals surface area contributed by atoms with E-state index < -0.39 is 0 Å². The zero-order valence-corrected chi connectivity index (χ0v) is 9.72. The monoisotopic (exact) mass is 225 g/mol. The largest absolute Gasteiger partial charge is 0.424 e. The minimum atomic E-state index is 0.282. The van der Waals surface area contributed by atoms with Crippen LogP contribution in [0.15, 0.2) is 4.42 Å². The van der Waals surface area contributed by atoms with Gasteiger partial charge < -0.3 is 9.52 Å². The van der Waals surface area contributed by atoms with E-state index in [-0.39, 0.29) is 6.61 Å². The van der Waals surface area contributed by atoms with Gasteiger partial charge in [-0.3, -0.25) is 4.90 Å². The predicted molar refractivity (Wildman–Crippen MR) is 58.8 cm³/mol. The Morgan fingerprint density at radius 3 is 3.06 bits per heavy atom. The van der Waals surface area contributed by atoms with Gasteiger partial charge in [-0.15, -0.1) is 10.2 Å². The van der Waals surface area contributed by atoms with Crippen LogP contribution in [0.5, 0.6) is 0 Å². The lowest BCUT2D eigenvalue weighted by Crippen LogP contribution is -2.29. The molecule has 90 valence electrons. The Balaban J connectivity index is 1.88. The lowest BCUT2D eigenvalue weighted by atomic mass is 10.1. The Hall–Kier alpha value is -0.940. The van der Waals surface area contributed by atoms with Crippen LogP contribution in [-0.4, -0.2) is 39.4 Å². The van der Waals surface area contributed by atoms with Gasteiger partial charge in [-0.05, 0) is 32.2 Å². The van der Waals surface area contributed by atoms with E-state index >= 15 is 0 Å². The fourth-order valence-corrected chi connectivity index (χ4v) is 2.33. The molecule has 1 saturated heterocycles. The molecule has 16 heavy (non-hydrogen) atoms. The van der Waals surface area contributed by atoms with E-state index in [1.807, 2.05) is 6.92 Å². The number of aliphatic hydroxyl groups is 1. The third kappa shape index (κ3) is 2.80. The van der Waals surface area contributed by atoms with Crippen LogP contribution in [0.25, 0.3) is 0 Å². The molecule has 0 spiro atoms. The highest BCUT2D eigenvalue weighted by molar-refractivity contribution is 4.85. The molecular formula is C11H19N3O2. The van der Waals surface area contributed by atoms with Crippen LogP contribution in [0.2, 0.25) is 0 Å². The molecule has 5 heteroatoms. The average molecular weight is 225 g/mol. The van der Waals surface area contributed by atoms with Gasteiger partial charge in [0.05, 0.1) is 6.54 Å². The fourth-order valence-electron chi connectivity index (χ4n) is 2.33. The molecule has 1 aliphatic heterocycles. The van der Waals surface area contributed by atoms with Gasteiger partial charge in [0, 0.05) is 19.6 Å². The maximum absolute atomic E-state index is 8.85. The number of aliphatic hydroxyl groups excluding tert-OH is 1. The van der Waals surface area contributed by atoms with Crippen molar-refractivity contribution >= 4 is 0 Å². The highest BCUT2D eigenvalue weighted by atomic mass is 16.4. The Labute approximate surface area is 95.5 Å². The molecule has 0 aliphatic carbocycles. The summed E-state index contributed by atoms with van der Waals surface area (Å²) in [5, 5.41) is 16.7. The van der Waals surface area contributed by atoms with Crippen molar-refractivity contribution in [3.05, 3.63) is 11.8 Å². The SMILES string of the molecule is Cc1nnc(CN2CCCC2CCCO)o1. The molecule has 0 amide bonds. The second-order valence-corrected chi connectivity index (χ2v) is 4.35. The second-order valence-electron chi connectivity index (χ2n) is 4.35. The molecule has 1 N–H and O–H groups in total. The van der Waals surface area contributed by atoms with Crippen molar-refractivity contribution in [1.82, 2.24) is 15.1 Å². The lowest BCUT2D eigenvalue weighted by molar-refractivity contribution is 0.194. The molecule has 1 unspecified atom stereocenters. The van der Waals surface area contributed by atoms with Crippen molar-refractivity contribution in [2.75, 3.05) is 13.2 Å². The molecule has 0 radical (unpaired) electrons. The highest BCUT2D eigenvalue weighted by Crippen LogP contribution is 2.22. The number of aromatic nitrogens is 2. The van der Waals surface area contributed by atoms with E-state index in [1.54, 1.807) is 0 Å². The first kappa shape index (κ1) is 11.5. The number of hydrogen-bond acceptors (Lipinski definition) is 5. The summed E-state index contributed by atoms with van der Waals surface area (Å²) in [6, 6.07) is 0.569. The fraction of sp³-hybridized carbons (Fsp3) is 0.818. The van der Waals surface area contributed by atoms with E-state index in [1.165, 1.54) is 12.8 Å². The third-order valence-corrected chi connectivity index (χ3v) is 3.10. The Morgan fingerprint density at radius 1 is 1.50 bits per heavy atom. The number of aryl methyl sites for hydroxylation is 1. The second kappa shape index (κ2) is 5.41. The predicted octanol–water partition coefficient (Wildman–Crippen LogP) is 1.11. The maximum Gasteiger partial charge on any atom is 0.230 e. The van der Waals surface area contributed by atoms with Crippen molar-refractivity contribution < 1.29 is 9.52 Å². The molecule has 1 aromatic rings. The Bertz CT molecular complexity index is 327. The number of likely N-dealkylation sites (tertiary alicyclic amines) is 1. The van der Waals surface area contributed by atoms with E-state index in [0.717, 1.165) is 25.9 Å². The van der Waals surface area contributed by atoms with Crippen LogP contribution in [0, 0.1) is 6.92 Å². The van der Waals surface area contributed by atoms with Gasteiger partial charge in [-0.25, -0.2) is 0 Å². The van der Waals surface area contributed by atoms with E-state index in [0.29, 0.717) is 17.8 Å². The normalized spacial score (nSPS) is 21.8. The standard InChI is InChI=1S/C11H19N3O2/c1-9-12-13-11(16-9)8-14-6-2-4-10(14)5-3-7-15/h10,15H,2-8H2,1H3. The molecule has 0 aromatic carbocycles. The van der Waals surface area contributed by atoms with Crippen molar-refractivity contribution in [2.24, 2.45) is 0 Å². The molecule has 1 fully saturated rings. The summed E-state index contributed by atoms with van der Waals surface area (Å²) in [4.78, 5) is 2.38. The number of hydrogen-bond donors (Lipinski definition) is 1. The zero-order valence-electron chi connectivity index (χ0n) is 9.72. The molecule has 1 aliphatic rings. The zero-order chi connectivity index (χ0) is 11.4.